The van der Waals surface area contributed by atoms with Crippen molar-refractivity contribution in [3.05, 3.63) is 34.1 Å². The van der Waals surface area contributed by atoms with E-state index in [1.807, 2.05) is 0 Å². The van der Waals surface area contributed by atoms with Crippen LogP contribution in [-0.4, -0.2) is 37.5 Å². The van der Waals surface area contributed by atoms with Gasteiger partial charge in [-0.05, 0) is 18.2 Å². The molecule has 0 aromatic heterocycles. The standard InChI is InChI=1S/C13H12BrFO4/c14-8-1-2-10(15)9(3-8)12(4-18-5-12)13(11(16)17)6-19-7-13/h1-3H,4-7H2,(H,16,17). The number of ether oxygens (including phenoxy) is 2. The Bertz CT molecular complexity index is 537. The topological polar surface area (TPSA) is 55.8 Å². The summed E-state index contributed by atoms with van der Waals surface area (Å²) in [5.41, 5.74) is -1.54. The Morgan fingerprint density at radius 2 is 1.89 bits per heavy atom. The fourth-order valence-electron chi connectivity index (χ4n) is 2.77. The molecule has 19 heavy (non-hydrogen) atoms. The number of carboxylic acid groups (broad SMARTS) is 1. The minimum atomic E-state index is -1.09. The molecule has 0 radical (unpaired) electrons. The van der Waals surface area contributed by atoms with Crippen molar-refractivity contribution in [3.63, 3.8) is 0 Å². The van der Waals surface area contributed by atoms with E-state index in [2.05, 4.69) is 15.9 Å². The van der Waals surface area contributed by atoms with E-state index >= 15 is 0 Å². The fourth-order valence-corrected chi connectivity index (χ4v) is 3.13. The van der Waals surface area contributed by atoms with Crippen molar-refractivity contribution in [2.75, 3.05) is 26.4 Å². The van der Waals surface area contributed by atoms with Gasteiger partial charge in [-0.3, -0.25) is 4.79 Å². The second kappa shape index (κ2) is 4.26. The van der Waals surface area contributed by atoms with Crippen molar-refractivity contribution in [1.82, 2.24) is 0 Å². The third-order valence-electron chi connectivity index (χ3n) is 4.16. The first kappa shape index (κ1) is 13.0. The summed E-state index contributed by atoms with van der Waals surface area (Å²) < 4.78 is 25.2. The quantitative estimate of drug-likeness (QED) is 0.920. The Labute approximate surface area is 117 Å². The first-order valence-corrected chi connectivity index (χ1v) is 6.66. The molecule has 0 unspecified atom stereocenters. The molecule has 0 saturated carbocycles. The molecule has 4 nitrogen and oxygen atoms in total. The lowest BCUT2D eigenvalue weighted by Gasteiger charge is -2.56. The molecule has 2 aliphatic rings. The Hall–Kier alpha value is -0.980. The lowest BCUT2D eigenvalue weighted by Crippen LogP contribution is -2.70. The number of hydrogen-bond donors (Lipinski definition) is 1. The fraction of sp³-hybridized carbons (Fsp3) is 0.462. The third kappa shape index (κ3) is 1.60. The van der Waals surface area contributed by atoms with Crippen LogP contribution in [0.15, 0.2) is 22.7 Å². The summed E-state index contributed by atoms with van der Waals surface area (Å²) in [7, 11) is 0. The average molecular weight is 331 g/mol. The van der Waals surface area contributed by atoms with Gasteiger partial charge in [0.15, 0.2) is 0 Å². The van der Waals surface area contributed by atoms with Crippen molar-refractivity contribution in [2.45, 2.75) is 5.41 Å². The highest BCUT2D eigenvalue weighted by Crippen LogP contribution is 2.52. The van der Waals surface area contributed by atoms with Crippen molar-refractivity contribution in [2.24, 2.45) is 5.41 Å². The van der Waals surface area contributed by atoms with Crippen LogP contribution in [0, 0.1) is 11.2 Å². The zero-order valence-corrected chi connectivity index (χ0v) is 11.6. The normalized spacial score (nSPS) is 23.3. The van der Waals surface area contributed by atoms with E-state index in [-0.39, 0.29) is 26.4 Å². The highest BCUT2D eigenvalue weighted by molar-refractivity contribution is 9.10. The van der Waals surface area contributed by atoms with E-state index in [9.17, 15) is 14.3 Å². The molecular weight excluding hydrogens is 319 g/mol. The van der Waals surface area contributed by atoms with Gasteiger partial charge in [-0.2, -0.15) is 0 Å². The van der Waals surface area contributed by atoms with E-state index in [1.165, 1.54) is 6.07 Å². The maximum atomic E-state index is 14.1. The molecule has 1 aromatic carbocycles. The maximum Gasteiger partial charge on any atom is 0.315 e. The molecule has 3 rings (SSSR count). The number of halogens is 2. The second-order valence-corrected chi connectivity index (χ2v) is 5.99. The lowest BCUT2D eigenvalue weighted by molar-refractivity contribution is -0.237. The van der Waals surface area contributed by atoms with Crippen LogP contribution < -0.4 is 0 Å². The first-order valence-electron chi connectivity index (χ1n) is 5.86. The number of hydrogen-bond acceptors (Lipinski definition) is 3. The van der Waals surface area contributed by atoms with Gasteiger partial charge >= 0.3 is 5.97 Å². The summed E-state index contributed by atoms with van der Waals surface area (Å²) in [5.74, 6) is -1.36. The minimum absolute atomic E-state index is 0.0949. The van der Waals surface area contributed by atoms with E-state index in [4.69, 9.17) is 9.47 Å². The molecule has 2 aliphatic heterocycles. The Morgan fingerprint density at radius 3 is 2.32 bits per heavy atom. The predicted molar refractivity (Wildman–Crippen MR) is 67.5 cm³/mol. The van der Waals surface area contributed by atoms with Crippen LogP contribution in [0.2, 0.25) is 0 Å². The van der Waals surface area contributed by atoms with E-state index < -0.39 is 22.6 Å². The molecule has 0 bridgehead atoms. The lowest BCUT2D eigenvalue weighted by atomic mass is 9.57. The summed E-state index contributed by atoms with van der Waals surface area (Å²) in [6.45, 7) is 0.599. The number of rotatable bonds is 3. The van der Waals surface area contributed by atoms with Crippen molar-refractivity contribution >= 4 is 21.9 Å². The van der Waals surface area contributed by atoms with Crippen LogP contribution >= 0.6 is 15.9 Å². The number of carboxylic acids is 1. The zero-order chi connectivity index (χ0) is 13.7. The van der Waals surface area contributed by atoms with Gasteiger partial charge in [0, 0.05) is 10.0 Å². The Balaban J connectivity index is 2.13. The predicted octanol–water partition coefficient (Wildman–Crippen LogP) is 1.96. The molecule has 1 N–H and O–H groups in total. The van der Waals surface area contributed by atoms with Gasteiger partial charge in [0.05, 0.1) is 31.8 Å². The van der Waals surface area contributed by atoms with Crippen LogP contribution in [0.1, 0.15) is 5.56 Å². The van der Waals surface area contributed by atoms with Crippen LogP contribution in [0.4, 0.5) is 4.39 Å². The van der Waals surface area contributed by atoms with Crippen LogP contribution in [0.3, 0.4) is 0 Å². The molecule has 2 heterocycles. The SMILES string of the molecule is O=C(O)C1(C2(c3cc(Br)ccc3F)COC2)COC1. The van der Waals surface area contributed by atoms with Crippen LogP contribution in [-0.2, 0) is 19.7 Å². The summed E-state index contributed by atoms with van der Waals surface area (Å²) >= 11 is 3.30. The number of carbonyl (C=O) groups is 1. The maximum absolute atomic E-state index is 14.1. The van der Waals surface area contributed by atoms with E-state index in [1.54, 1.807) is 12.1 Å². The number of aliphatic carboxylic acids is 1. The highest BCUT2D eigenvalue weighted by Gasteiger charge is 2.66. The summed E-state index contributed by atoms with van der Waals surface area (Å²) in [5, 5.41) is 9.54. The molecule has 0 spiro atoms. The van der Waals surface area contributed by atoms with Crippen LogP contribution in [0.25, 0.3) is 0 Å². The molecule has 102 valence electrons. The third-order valence-corrected chi connectivity index (χ3v) is 4.66. The van der Waals surface area contributed by atoms with Crippen molar-refractivity contribution in [1.29, 1.82) is 0 Å². The Morgan fingerprint density at radius 1 is 1.26 bits per heavy atom. The van der Waals surface area contributed by atoms with Gasteiger partial charge in [-0.1, -0.05) is 15.9 Å². The average Bonchev–Trinajstić information content (AvgIpc) is 2.24. The Kier molecular flexibility index (Phi) is 2.92. The van der Waals surface area contributed by atoms with Gasteiger partial charge in [-0.15, -0.1) is 0 Å². The molecule has 6 heteroatoms. The van der Waals surface area contributed by atoms with Gasteiger partial charge in [0.2, 0.25) is 0 Å². The van der Waals surface area contributed by atoms with Crippen LogP contribution in [0.5, 0.6) is 0 Å². The van der Waals surface area contributed by atoms with Crippen molar-refractivity contribution < 1.29 is 23.8 Å². The highest BCUT2D eigenvalue weighted by atomic mass is 79.9. The van der Waals surface area contributed by atoms with Gasteiger partial charge in [0.25, 0.3) is 0 Å². The molecule has 2 saturated heterocycles. The molecule has 0 aliphatic carbocycles. The monoisotopic (exact) mass is 330 g/mol. The molecule has 2 fully saturated rings. The molecule has 0 amide bonds. The first-order chi connectivity index (χ1) is 9.02. The van der Waals surface area contributed by atoms with E-state index in [0.29, 0.717) is 5.56 Å². The second-order valence-electron chi connectivity index (χ2n) is 5.08. The molecule has 0 atom stereocenters. The molecule has 1 aromatic rings. The van der Waals surface area contributed by atoms with E-state index in [0.717, 1.165) is 4.47 Å². The van der Waals surface area contributed by atoms with Gasteiger partial charge in [0.1, 0.15) is 11.2 Å². The van der Waals surface area contributed by atoms with Gasteiger partial charge in [-0.25, -0.2) is 4.39 Å². The van der Waals surface area contributed by atoms with Crippen molar-refractivity contribution in [3.8, 4) is 0 Å². The largest absolute Gasteiger partial charge is 0.481 e. The smallest absolute Gasteiger partial charge is 0.315 e. The number of benzene rings is 1. The zero-order valence-electron chi connectivity index (χ0n) is 9.99. The van der Waals surface area contributed by atoms with Gasteiger partial charge < -0.3 is 14.6 Å². The summed E-state index contributed by atoms with van der Waals surface area (Å²) in [6.07, 6.45) is 0. The summed E-state index contributed by atoms with van der Waals surface area (Å²) in [6, 6.07) is 4.58. The molecular formula is C13H12BrFO4. The summed E-state index contributed by atoms with van der Waals surface area (Å²) in [4.78, 5) is 11.6. The minimum Gasteiger partial charge on any atom is -0.481 e.